The molecule has 0 spiro atoms. The number of rotatable bonds is 2. The Hall–Kier alpha value is -3.31. The third-order valence-electron chi connectivity index (χ3n) is 4.84. The Kier molecular flexibility index (Phi) is 4.53. The van der Waals surface area contributed by atoms with Crippen molar-refractivity contribution in [3.05, 3.63) is 94.0 Å². The third-order valence-corrected chi connectivity index (χ3v) is 5.05. The van der Waals surface area contributed by atoms with Crippen molar-refractivity contribution in [2.75, 3.05) is 10.6 Å². The number of aryl methyl sites for hydroxylation is 2. The number of ketones is 2. The summed E-state index contributed by atoms with van der Waals surface area (Å²) in [4.78, 5) is 25.9. The molecule has 0 aromatic heterocycles. The lowest BCUT2D eigenvalue weighted by Crippen LogP contribution is -2.25. The highest BCUT2D eigenvalue weighted by molar-refractivity contribution is 7.80. The average Bonchev–Trinajstić information content (AvgIpc) is 2.69. The van der Waals surface area contributed by atoms with Gasteiger partial charge in [0, 0.05) is 22.4 Å². The van der Waals surface area contributed by atoms with Crippen LogP contribution in [0.15, 0.2) is 60.7 Å². The molecule has 0 amide bonds. The summed E-state index contributed by atoms with van der Waals surface area (Å²) in [6.07, 6.45) is 0. The molecule has 0 unspecified atom stereocenters. The van der Waals surface area contributed by atoms with Gasteiger partial charge in [-0.05, 0) is 49.3 Å². The smallest absolute Gasteiger partial charge is 0.196 e. The van der Waals surface area contributed by atoms with Gasteiger partial charge in [-0.1, -0.05) is 48.5 Å². The predicted octanol–water partition coefficient (Wildman–Crippen LogP) is 4.89. The lowest BCUT2D eigenvalue weighted by Gasteiger charge is -2.21. The Bertz CT molecular complexity index is 1150. The third kappa shape index (κ3) is 3.10. The van der Waals surface area contributed by atoms with E-state index < -0.39 is 0 Å². The molecule has 0 saturated heterocycles. The van der Waals surface area contributed by atoms with Gasteiger partial charge in [0.1, 0.15) is 0 Å². The number of carbonyl (C=O) groups is 2. The van der Waals surface area contributed by atoms with Gasteiger partial charge in [0.2, 0.25) is 0 Å². The van der Waals surface area contributed by atoms with E-state index in [-0.39, 0.29) is 11.6 Å². The molecule has 4 nitrogen and oxygen atoms in total. The molecule has 3 aromatic carbocycles. The van der Waals surface area contributed by atoms with Gasteiger partial charge in [0.25, 0.3) is 0 Å². The van der Waals surface area contributed by atoms with Crippen molar-refractivity contribution < 1.29 is 9.59 Å². The fourth-order valence-corrected chi connectivity index (χ4v) is 3.62. The van der Waals surface area contributed by atoms with E-state index >= 15 is 0 Å². The second-order valence-corrected chi connectivity index (χ2v) is 7.24. The van der Waals surface area contributed by atoms with E-state index in [0.717, 1.165) is 16.8 Å². The van der Waals surface area contributed by atoms with Gasteiger partial charge < -0.3 is 10.6 Å². The fraction of sp³-hybridized carbons (Fsp3) is 0.0870. The molecular formula is C23H18N2O2S. The highest BCUT2D eigenvalue weighted by atomic mass is 32.1. The fourth-order valence-electron chi connectivity index (χ4n) is 3.40. The highest BCUT2D eigenvalue weighted by Gasteiger charge is 2.31. The van der Waals surface area contributed by atoms with Gasteiger partial charge >= 0.3 is 0 Å². The zero-order valence-corrected chi connectivity index (χ0v) is 16.3. The number of hydrogen-bond donors (Lipinski definition) is 2. The molecule has 3 aromatic rings. The molecule has 28 heavy (non-hydrogen) atoms. The Morgan fingerprint density at radius 2 is 1.39 bits per heavy atom. The largest absolute Gasteiger partial charge is 0.332 e. The Labute approximate surface area is 168 Å². The Balaban J connectivity index is 1.67. The van der Waals surface area contributed by atoms with Crippen molar-refractivity contribution in [2.24, 2.45) is 0 Å². The molecule has 0 radical (unpaired) electrons. The lowest BCUT2D eigenvalue weighted by molar-refractivity contribution is 0.0979. The minimum atomic E-state index is -0.178. The zero-order valence-electron chi connectivity index (χ0n) is 15.5. The molecule has 0 bridgehead atoms. The number of thiocarbonyl (C=S) groups is 1. The summed E-state index contributed by atoms with van der Waals surface area (Å²) in [5.74, 6) is -0.329. The van der Waals surface area contributed by atoms with E-state index in [1.54, 1.807) is 42.5 Å². The van der Waals surface area contributed by atoms with Crippen LogP contribution in [0, 0.1) is 13.8 Å². The summed E-state index contributed by atoms with van der Waals surface area (Å²) in [6.45, 7) is 4.00. The van der Waals surface area contributed by atoms with Crippen LogP contribution < -0.4 is 10.6 Å². The number of hydrogen-bond acceptors (Lipinski definition) is 3. The predicted molar refractivity (Wildman–Crippen MR) is 116 cm³/mol. The summed E-state index contributed by atoms with van der Waals surface area (Å²) in [7, 11) is 0. The second-order valence-electron chi connectivity index (χ2n) is 6.83. The number of benzene rings is 3. The van der Waals surface area contributed by atoms with Crippen LogP contribution >= 0.6 is 12.2 Å². The van der Waals surface area contributed by atoms with Crippen LogP contribution in [0.25, 0.3) is 0 Å². The number of anilines is 2. The summed E-state index contributed by atoms with van der Waals surface area (Å²) in [6, 6.07) is 18.1. The van der Waals surface area contributed by atoms with Crippen LogP contribution in [-0.2, 0) is 0 Å². The van der Waals surface area contributed by atoms with E-state index in [9.17, 15) is 9.59 Å². The van der Waals surface area contributed by atoms with Gasteiger partial charge in [-0.15, -0.1) is 0 Å². The standard InChI is InChI=1S/C23H18N2O2S/c1-13-10-11-14(2)19(12-13)25-23(28)24-18-9-5-8-17-20(18)22(27)16-7-4-3-6-15(16)21(17)26/h3-12H,1-2H3,(H2,24,25,28). The maximum atomic E-state index is 13.1. The molecule has 4 rings (SSSR count). The van der Waals surface area contributed by atoms with Crippen molar-refractivity contribution in [2.45, 2.75) is 13.8 Å². The molecule has 0 saturated carbocycles. The average molecular weight is 386 g/mol. The maximum absolute atomic E-state index is 13.1. The minimum absolute atomic E-state index is 0.151. The first-order valence-corrected chi connectivity index (χ1v) is 9.33. The number of fused-ring (bicyclic) bond motifs is 2. The summed E-state index contributed by atoms with van der Waals surface area (Å²) < 4.78 is 0. The maximum Gasteiger partial charge on any atom is 0.196 e. The molecule has 1 aliphatic carbocycles. The van der Waals surface area contributed by atoms with Crippen LogP contribution in [-0.4, -0.2) is 16.7 Å². The van der Waals surface area contributed by atoms with Crippen LogP contribution in [0.5, 0.6) is 0 Å². The molecule has 0 heterocycles. The molecule has 0 aliphatic heterocycles. The molecule has 0 atom stereocenters. The van der Waals surface area contributed by atoms with Gasteiger partial charge in [0.05, 0.1) is 11.3 Å². The van der Waals surface area contributed by atoms with Crippen molar-refractivity contribution in [1.29, 1.82) is 0 Å². The lowest BCUT2D eigenvalue weighted by atomic mass is 9.83. The molecule has 5 heteroatoms. The molecular weight excluding hydrogens is 368 g/mol. The highest BCUT2D eigenvalue weighted by Crippen LogP contribution is 2.32. The van der Waals surface area contributed by atoms with E-state index in [4.69, 9.17) is 12.2 Å². The summed E-state index contributed by atoms with van der Waals surface area (Å²) >= 11 is 5.45. The minimum Gasteiger partial charge on any atom is -0.332 e. The Morgan fingerprint density at radius 3 is 2.14 bits per heavy atom. The monoisotopic (exact) mass is 386 g/mol. The van der Waals surface area contributed by atoms with E-state index in [1.807, 2.05) is 32.0 Å². The SMILES string of the molecule is Cc1ccc(C)c(NC(=S)Nc2cccc3c2C(=O)c2ccccc2C3=O)c1. The van der Waals surface area contributed by atoms with Crippen molar-refractivity contribution in [3.8, 4) is 0 Å². The van der Waals surface area contributed by atoms with Gasteiger partial charge in [-0.3, -0.25) is 9.59 Å². The van der Waals surface area contributed by atoms with Gasteiger partial charge in [0.15, 0.2) is 16.7 Å². The van der Waals surface area contributed by atoms with E-state index in [2.05, 4.69) is 10.6 Å². The van der Waals surface area contributed by atoms with Crippen LogP contribution in [0.3, 0.4) is 0 Å². The van der Waals surface area contributed by atoms with Crippen molar-refractivity contribution >= 4 is 40.3 Å². The number of nitrogens with one attached hydrogen (secondary N) is 2. The molecule has 2 N–H and O–H groups in total. The Morgan fingerprint density at radius 1 is 0.750 bits per heavy atom. The van der Waals surface area contributed by atoms with Crippen molar-refractivity contribution in [3.63, 3.8) is 0 Å². The summed E-state index contributed by atoms with van der Waals surface area (Å²) in [5.41, 5.74) is 5.20. The van der Waals surface area contributed by atoms with Crippen molar-refractivity contribution in [1.82, 2.24) is 0 Å². The van der Waals surface area contributed by atoms with E-state index in [1.165, 1.54) is 0 Å². The molecule has 138 valence electrons. The molecule has 1 aliphatic rings. The van der Waals surface area contributed by atoms with Crippen LogP contribution in [0.1, 0.15) is 43.0 Å². The van der Waals surface area contributed by atoms with E-state index in [0.29, 0.717) is 33.1 Å². The topological polar surface area (TPSA) is 58.2 Å². The van der Waals surface area contributed by atoms with Gasteiger partial charge in [-0.2, -0.15) is 0 Å². The van der Waals surface area contributed by atoms with Crippen LogP contribution in [0.2, 0.25) is 0 Å². The normalized spacial score (nSPS) is 12.2. The first-order chi connectivity index (χ1) is 13.5. The first kappa shape index (κ1) is 18.1. The molecule has 0 fully saturated rings. The van der Waals surface area contributed by atoms with Gasteiger partial charge in [-0.25, -0.2) is 0 Å². The first-order valence-electron chi connectivity index (χ1n) is 8.92. The second kappa shape index (κ2) is 7.02. The number of carbonyl (C=O) groups excluding carboxylic acids is 2. The van der Waals surface area contributed by atoms with Crippen LogP contribution in [0.4, 0.5) is 11.4 Å². The quantitative estimate of drug-likeness (QED) is 0.481. The summed E-state index contributed by atoms with van der Waals surface area (Å²) in [5, 5.41) is 6.63. The zero-order chi connectivity index (χ0) is 19.8.